The summed E-state index contributed by atoms with van der Waals surface area (Å²) in [6.45, 7) is 8.43. The van der Waals surface area contributed by atoms with Gasteiger partial charge in [0, 0.05) is 20.8 Å². The number of benzene rings is 1. The second kappa shape index (κ2) is 6.95. The molecule has 21 heavy (non-hydrogen) atoms. The molecule has 2 aromatic rings. The number of aryl methyl sites for hydroxylation is 1. The van der Waals surface area contributed by atoms with Crippen LogP contribution in [0, 0.1) is 6.92 Å². The Morgan fingerprint density at radius 1 is 1.19 bits per heavy atom. The van der Waals surface area contributed by atoms with Crippen LogP contribution in [0.25, 0.3) is 0 Å². The van der Waals surface area contributed by atoms with Crippen LogP contribution in [0.3, 0.4) is 0 Å². The minimum Gasteiger partial charge on any atom is -0.483 e. The number of hydrogen-bond acceptors (Lipinski definition) is 3. The third-order valence-corrected chi connectivity index (χ3v) is 5.23. The van der Waals surface area contributed by atoms with Crippen LogP contribution in [-0.4, -0.2) is 6.04 Å². The number of nitrogens with two attached hydrogens (primary N) is 1. The third kappa shape index (κ3) is 4.09. The Balaban J connectivity index is 2.31. The van der Waals surface area contributed by atoms with Crippen molar-refractivity contribution >= 4 is 27.3 Å². The van der Waals surface area contributed by atoms with E-state index in [9.17, 15) is 0 Å². The Morgan fingerprint density at radius 2 is 1.90 bits per heavy atom. The van der Waals surface area contributed by atoms with Crippen LogP contribution < -0.4 is 10.5 Å². The second-order valence-electron chi connectivity index (χ2n) is 5.74. The summed E-state index contributed by atoms with van der Waals surface area (Å²) in [6.07, 6.45) is -0.123. The van der Waals surface area contributed by atoms with Crippen molar-refractivity contribution in [2.75, 3.05) is 0 Å². The molecule has 0 saturated heterocycles. The lowest BCUT2D eigenvalue weighted by atomic mass is 10.0. The van der Waals surface area contributed by atoms with E-state index < -0.39 is 0 Å². The van der Waals surface area contributed by atoms with Crippen molar-refractivity contribution in [1.82, 2.24) is 0 Å². The van der Waals surface area contributed by atoms with Gasteiger partial charge in [0.2, 0.25) is 0 Å². The SMILES string of the molecule is Cc1ccc(C(C)C)cc1OC(c1cc(Br)cs1)C(C)N. The molecule has 0 fully saturated rings. The summed E-state index contributed by atoms with van der Waals surface area (Å²) in [6, 6.07) is 8.43. The largest absolute Gasteiger partial charge is 0.483 e. The molecular weight excluding hydrogens is 346 g/mol. The van der Waals surface area contributed by atoms with E-state index in [0.717, 1.165) is 20.7 Å². The highest BCUT2D eigenvalue weighted by molar-refractivity contribution is 9.10. The minimum atomic E-state index is -0.123. The Labute approximate surface area is 139 Å². The van der Waals surface area contributed by atoms with E-state index >= 15 is 0 Å². The molecule has 4 heteroatoms. The first-order chi connectivity index (χ1) is 9.88. The van der Waals surface area contributed by atoms with Crippen LogP contribution in [-0.2, 0) is 0 Å². The van der Waals surface area contributed by atoms with Gasteiger partial charge < -0.3 is 10.5 Å². The fourth-order valence-electron chi connectivity index (χ4n) is 2.14. The van der Waals surface area contributed by atoms with Gasteiger partial charge in [-0.15, -0.1) is 11.3 Å². The van der Waals surface area contributed by atoms with E-state index in [0.29, 0.717) is 5.92 Å². The van der Waals surface area contributed by atoms with Crippen molar-refractivity contribution in [3.05, 3.63) is 50.1 Å². The maximum Gasteiger partial charge on any atom is 0.148 e. The molecule has 2 atom stereocenters. The molecule has 0 saturated carbocycles. The van der Waals surface area contributed by atoms with Crippen LogP contribution in [0.2, 0.25) is 0 Å². The van der Waals surface area contributed by atoms with Gasteiger partial charge in [-0.25, -0.2) is 0 Å². The summed E-state index contributed by atoms with van der Waals surface area (Å²) in [5.41, 5.74) is 8.56. The van der Waals surface area contributed by atoms with Gasteiger partial charge in [0.25, 0.3) is 0 Å². The van der Waals surface area contributed by atoms with Crippen LogP contribution in [0.5, 0.6) is 5.75 Å². The van der Waals surface area contributed by atoms with E-state index in [1.165, 1.54) is 5.56 Å². The normalized spacial score (nSPS) is 14.2. The molecule has 0 spiro atoms. The minimum absolute atomic E-state index is 0.0716. The zero-order chi connectivity index (χ0) is 15.6. The van der Waals surface area contributed by atoms with E-state index in [1.807, 2.05) is 6.92 Å². The molecule has 114 valence electrons. The van der Waals surface area contributed by atoms with Crippen molar-refractivity contribution in [3.8, 4) is 5.75 Å². The molecule has 1 aromatic heterocycles. The van der Waals surface area contributed by atoms with Crippen molar-refractivity contribution in [2.45, 2.75) is 45.8 Å². The highest BCUT2D eigenvalue weighted by Gasteiger charge is 2.21. The first-order valence-corrected chi connectivity index (χ1v) is 8.82. The van der Waals surface area contributed by atoms with Crippen molar-refractivity contribution in [3.63, 3.8) is 0 Å². The Hall–Kier alpha value is -0.840. The molecule has 1 aromatic carbocycles. The van der Waals surface area contributed by atoms with Gasteiger partial charge in [-0.1, -0.05) is 26.0 Å². The number of rotatable bonds is 5. The molecule has 0 aliphatic carbocycles. The smallest absolute Gasteiger partial charge is 0.148 e. The average Bonchev–Trinajstić information content (AvgIpc) is 2.83. The Bertz CT molecular complexity index is 607. The van der Waals surface area contributed by atoms with Gasteiger partial charge in [-0.05, 0) is 59.0 Å². The van der Waals surface area contributed by atoms with Crippen LogP contribution in [0.15, 0.2) is 34.1 Å². The highest BCUT2D eigenvalue weighted by atomic mass is 79.9. The lowest BCUT2D eigenvalue weighted by Gasteiger charge is -2.23. The zero-order valence-corrected chi connectivity index (χ0v) is 15.3. The molecular formula is C17H22BrNOS. The van der Waals surface area contributed by atoms with E-state index in [1.54, 1.807) is 11.3 Å². The Kier molecular flexibility index (Phi) is 5.47. The fraction of sp³-hybridized carbons (Fsp3) is 0.412. The van der Waals surface area contributed by atoms with Gasteiger partial charge in [0.05, 0.1) is 0 Å². The van der Waals surface area contributed by atoms with Gasteiger partial charge >= 0.3 is 0 Å². The summed E-state index contributed by atoms with van der Waals surface area (Å²) in [4.78, 5) is 1.14. The zero-order valence-electron chi connectivity index (χ0n) is 12.9. The molecule has 2 unspecified atom stereocenters. The molecule has 2 nitrogen and oxygen atoms in total. The third-order valence-electron chi connectivity index (χ3n) is 3.48. The molecule has 2 N–H and O–H groups in total. The molecule has 1 heterocycles. The topological polar surface area (TPSA) is 35.2 Å². The fourth-order valence-corrected chi connectivity index (χ4v) is 3.73. The first kappa shape index (κ1) is 16.5. The lowest BCUT2D eigenvalue weighted by Crippen LogP contribution is -2.28. The van der Waals surface area contributed by atoms with Crippen LogP contribution in [0.4, 0.5) is 0 Å². The Morgan fingerprint density at radius 3 is 2.43 bits per heavy atom. The number of ether oxygens (including phenoxy) is 1. The number of halogens is 1. The van der Waals surface area contributed by atoms with Crippen LogP contribution >= 0.6 is 27.3 Å². The molecule has 0 aliphatic heterocycles. The lowest BCUT2D eigenvalue weighted by molar-refractivity contribution is 0.182. The van der Waals surface area contributed by atoms with E-state index in [2.05, 4.69) is 66.3 Å². The van der Waals surface area contributed by atoms with Crippen molar-refractivity contribution in [1.29, 1.82) is 0 Å². The molecule has 0 bridgehead atoms. The first-order valence-electron chi connectivity index (χ1n) is 7.15. The summed E-state index contributed by atoms with van der Waals surface area (Å²) >= 11 is 5.16. The highest BCUT2D eigenvalue weighted by Crippen LogP contribution is 2.33. The number of thiophene rings is 1. The van der Waals surface area contributed by atoms with Gasteiger partial charge in [0.1, 0.15) is 11.9 Å². The van der Waals surface area contributed by atoms with Crippen LogP contribution in [0.1, 0.15) is 48.8 Å². The monoisotopic (exact) mass is 367 g/mol. The summed E-state index contributed by atoms with van der Waals surface area (Å²) in [5, 5.41) is 2.06. The molecule has 0 radical (unpaired) electrons. The molecule has 0 aliphatic rings. The van der Waals surface area contributed by atoms with Crippen molar-refractivity contribution in [2.24, 2.45) is 5.73 Å². The van der Waals surface area contributed by atoms with Gasteiger partial charge in [-0.3, -0.25) is 0 Å². The van der Waals surface area contributed by atoms with E-state index in [-0.39, 0.29) is 12.1 Å². The summed E-state index contributed by atoms with van der Waals surface area (Å²) in [5.74, 6) is 1.41. The van der Waals surface area contributed by atoms with E-state index in [4.69, 9.17) is 10.5 Å². The second-order valence-corrected chi connectivity index (χ2v) is 7.60. The molecule has 2 rings (SSSR count). The predicted octanol–water partition coefficient (Wildman–Crippen LogP) is 5.41. The number of hydrogen-bond donors (Lipinski definition) is 1. The van der Waals surface area contributed by atoms with Crippen molar-refractivity contribution < 1.29 is 4.74 Å². The predicted molar refractivity (Wildman–Crippen MR) is 94.3 cm³/mol. The summed E-state index contributed by atoms with van der Waals surface area (Å²) < 4.78 is 7.34. The summed E-state index contributed by atoms with van der Waals surface area (Å²) in [7, 11) is 0. The van der Waals surface area contributed by atoms with Gasteiger partial charge in [-0.2, -0.15) is 0 Å². The molecule has 0 amide bonds. The standard InChI is InChI=1S/C17H22BrNOS/c1-10(2)13-6-5-11(3)15(7-13)20-17(12(4)19)16-8-14(18)9-21-16/h5-10,12,17H,19H2,1-4H3. The quantitative estimate of drug-likeness (QED) is 0.766. The van der Waals surface area contributed by atoms with Gasteiger partial charge in [0.15, 0.2) is 0 Å². The average molecular weight is 368 g/mol. The maximum atomic E-state index is 6.26. The maximum absolute atomic E-state index is 6.26.